The fourth-order valence-electron chi connectivity index (χ4n) is 2.70. The fraction of sp³-hybridized carbons (Fsp3) is 0.643. The maximum Gasteiger partial charge on any atom is 0.149 e. The number of nitrogen functional groups attached to an aromatic ring is 1. The number of nitrogens with one attached hydrogen (secondary N) is 1. The van der Waals surface area contributed by atoms with Gasteiger partial charge in [0.15, 0.2) is 0 Å². The number of hydrogen-bond acceptors (Lipinski definition) is 3. The quantitative estimate of drug-likeness (QED) is 0.843. The predicted molar refractivity (Wildman–Crippen MR) is 73.0 cm³/mol. The van der Waals surface area contributed by atoms with Crippen LogP contribution in [0.5, 0.6) is 0 Å². The molecule has 0 aromatic carbocycles. The maximum absolute atomic E-state index is 5.91. The third kappa shape index (κ3) is 3.35. The molecule has 1 aromatic rings. The van der Waals surface area contributed by atoms with Crippen LogP contribution in [0.15, 0.2) is 12.1 Å². The summed E-state index contributed by atoms with van der Waals surface area (Å²) >= 11 is 0. The predicted octanol–water partition coefficient (Wildman–Crippen LogP) is 3.21. The van der Waals surface area contributed by atoms with Gasteiger partial charge in [0.1, 0.15) is 5.82 Å². The highest BCUT2D eigenvalue weighted by molar-refractivity contribution is 5.61. The lowest BCUT2D eigenvalue weighted by atomic mass is 9.82. The summed E-state index contributed by atoms with van der Waals surface area (Å²) < 4.78 is 0. The summed E-state index contributed by atoms with van der Waals surface area (Å²) in [6.07, 6.45) is 5.42. The third-order valence-corrected chi connectivity index (χ3v) is 3.67. The highest BCUT2D eigenvalue weighted by Crippen LogP contribution is 2.29. The van der Waals surface area contributed by atoms with Gasteiger partial charge in [0.2, 0.25) is 0 Å². The molecule has 2 rings (SSSR count). The van der Waals surface area contributed by atoms with Crippen molar-refractivity contribution in [2.45, 2.75) is 39.5 Å². The van der Waals surface area contributed by atoms with Gasteiger partial charge in [-0.15, -0.1) is 0 Å². The molecular weight excluding hydrogens is 210 g/mol. The lowest BCUT2D eigenvalue weighted by Crippen LogP contribution is -2.21. The van der Waals surface area contributed by atoms with Gasteiger partial charge in [0.05, 0.1) is 5.69 Å². The Hall–Kier alpha value is -1.25. The number of aryl methyl sites for hydroxylation is 1. The molecule has 1 heterocycles. The molecule has 17 heavy (non-hydrogen) atoms. The second-order valence-electron chi connectivity index (χ2n) is 5.41. The van der Waals surface area contributed by atoms with Gasteiger partial charge in [-0.25, -0.2) is 4.98 Å². The molecule has 1 aromatic heterocycles. The fourth-order valence-corrected chi connectivity index (χ4v) is 2.70. The highest BCUT2D eigenvalue weighted by atomic mass is 15.0. The van der Waals surface area contributed by atoms with E-state index in [0.29, 0.717) is 0 Å². The number of nitrogens with zero attached hydrogens (tertiary/aromatic N) is 1. The van der Waals surface area contributed by atoms with Crippen molar-refractivity contribution in [1.29, 1.82) is 0 Å². The van der Waals surface area contributed by atoms with E-state index in [1.807, 2.05) is 19.1 Å². The molecular formula is C14H23N3. The summed E-state index contributed by atoms with van der Waals surface area (Å²) in [5, 5.41) is 3.41. The minimum absolute atomic E-state index is 0.749. The Morgan fingerprint density at radius 2 is 2.24 bits per heavy atom. The molecule has 1 saturated carbocycles. The van der Waals surface area contributed by atoms with Crippen LogP contribution in [0.3, 0.4) is 0 Å². The monoisotopic (exact) mass is 233 g/mol. The molecule has 1 fully saturated rings. The van der Waals surface area contributed by atoms with E-state index in [-0.39, 0.29) is 0 Å². The van der Waals surface area contributed by atoms with E-state index < -0.39 is 0 Å². The second-order valence-corrected chi connectivity index (χ2v) is 5.41. The molecule has 2 unspecified atom stereocenters. The Kier molecular flexibility index (Phi) is 3.87. The Morgan fingerprint density at radius 3 is 3.00 bits per heavy atom. The van der Waals surface area contributed by atoms with Gasteiger partial charge in [0.25, 0.3) is 0 Å². The van der Waals surface area contributed by atoms with E-state index in [0.717, 1.165) is 35.6 Å². The summed E-state index contributed by atoms with van der Waals surface area (Å²) in [6.45, 7) is 5.35. The van der Waals surface area contributed by atoms with Crippen LogP contribution >= 0.6 is 0 Å². The summed E-state index contributed by atoms with van der Waals surface area (Å²) in [5.74, 6) is 2.50. The summed E-state index contributed by atoms with van der Waals surface area (Å²) in [7, 11) is 0. The van der Waals surface area contributed by atoms with Crippen molar-refractivity contribution in [3.05, 3.63) is 17.8 Å². The van der Waals surface area contributed by atoms with Crippen molar-refractivity contribution < 1.29 is 0 Å². The number of rotatable bonds is 3. The van der Waals surface area contributed by atoms with E-state index in [1.54, 1.807) is 0 Å². The number of aromatic nitrogens is 1. The Balaban J connectivity index is 1.90. The molecule has 1 aliphatic carbocycles. The van der Waals surface area contributed by atoms with Gasteiger partial charge in [-0.05, 0) is 43.7 Å². The largest absolute Gasteiger partial charge is 0.396 e. The second kappa shape index (κ2) is 5.39. The average Bonchev–Trinajstić information content (AvgIpc) is 2.30. The van der Waals surface area contributed by atoms with Crippen LogP contribution in [-0.2, 0) is 0 Å². The molecule has 0 radical (unpaired) electrons. The third-order valence-electron chi connectivity index (χ3n) is 3.67. The number of hydrogen-bond donors (Lipinski definition) is 2. The van der Waals surface area contributed by atoms with Crippen LogP contribution in [0.4, 0.5) is 11.5 Å². The van der Waals surface area contributed by atoms with Gasteiger partial charge >= 0.3 is 0 Å². The standard InChI is InChI=1S/C14H23N3/c1-10-4-3-5-12(8-10)9-16-14-13(15)7-6-11(2)17-14/h6-7,10,12H,3-5,8-9,15H2,1-2H3,(H,16,17). The molecule has 0 bridgehead atoms. The molecule has 0 spiro atoms. The lowest BCUT2D eigenvalue weighted by Gasteiger charge is -2.27. The summed E-state index contributed by atoms with van der Waals surface area (Å²) in [6, 6.07) is 3.87. The van der Waals surface area contributed by atoms with E-state index >= 15 is 0 Å². The summed E-state index contributed by atoms with van der Waals surface area (Å²) in [4.78, 5) is 4.44. The number of anilines is 2. The van der Waals surface area contributed by atoms with E-state index in [2.05, 4.69) is 17.2 Å². The molecule has 3 heteroatoms. The zero-order valence-electron chi connectivity index (χ0n) is 10.9. The van der Waals surface area contributed by atoms with Crippen molar-refractivity contribution in [3.63, 3.8) is 0 Å². The van der Waals surface area contributed by atoms with Gasteiger partial charge in [0, 0.05) is 12.2 Å². The van der Waals surface area contributed by atoms with Crippen LogP contribution in [-0.4, -0.2) is 11.5 Å². The van der Waals surface area contributed by atoms with E-state index in [1.165, 1.54) is 25.7 Å². The van der Waals surface area contributed by atoms with Gasteiger partial charge in [-0.3, -0.25) is 0 Å². The van der Waals surface area contributed by atoms with Crippen LogP contribution in [0, 0.1) is 18.8 Å². The molecule has 94 valence electrons. The van der Waals surface area contributed by atoms with Crippen molar-refractivity contribution in [3.8, 4) is 0 Å². The molecule has 3 nitrogen and oxygen atoms in total. The first-order valence-electron chi connectivity index (χ1n) is 6.62. The van der Waals surface area contributed by atoms with Gasteiger partial charge in [-0.1, -0.05) is 19.8 Å². The molecule has 2 atom stereocenters. The first-order valence-corrected chi connectivity index (χ1v) is 6.62. The van der Waals surface area contributed by atoms with Gasteiger partial charge in [-0.2, -0.15) is 0 Å². The zero-order chi connectivity index (χ0) is 12.3. The van der Waals surface area contributed by atoms with E-state index in [9.17, 15) is 0 Å². The summed E-state index contributed by atoms with van der Waals surface area (Å²) in [5.41, 5.74) is 7.67. The lowest BCUT2D eigenvalue weighted by molar-refractivity contribution is 0.293. The minimum Gasteiger partial charge on any atom is -0.396 e. The Morgan fingerprint density at radius 1 is 1.41 bits per heavy atom. The topological polar surface area (TPSA) is 50.9 Å². The first kappa shape index (κ1) is 12.2. The smallest absolute Gasteiger partial charge is 0.149 e. The van der Waals surface area contributed by atoms with E-state index in [4.69, 9.17) is 5.73 Å². The number of pyridine rings is 1. The molecule has 0 amide bonds. The van der Waals surface area contributed by atoms with Crippen LogP contribution < -0.4 is 11.1 Å². The van der Waals surface area contributed by atoms with Crippen molar-refractivity contribution >= 4 is 11.5 Å². The molecule has 0 saturated heterocycles. The first-order chi connectivity index (χ1) is 8.15. The molecule has 3 N–H and O–H groups in total. The Labute approximate surface area is 104 Å². The van der Waals surface area contributed by atoms with Crippen LogP contribution in [0.25, 0.3) is 0 Å². The molecule has 1 aliphatic rings. The molecule has 0 aliphatic heterocycles. The number of nitrogens with two attached hydrogens (primary N) is 1. The average molecular weight is 233 g/mol. The van der Waals surface area contributed by atoms with Crippen molar-refractivity contribution in [1.82, 2.24) is 4.98 Å². The van der Waals surface area contributed by atoms with Crippen LogP contribution in [0.2, 0.25) is 0 Å². The zero-order valence-corrected chi connectivity index (χ0v) is 10.9. The maximum atomic E-state index is 5.91. The van der Waals surface area contributed by atoms with Crippen molar-refractivity contribution in [2.24, 2.45) is 11.8 Å². The SMILES string of the molecule is Cc1ccc(N)c(NCC2CCCC(C)C2)n1. The van der Waals surface area contributed by atoms with Crippen molar-refractivity contribution in [2.75, 3.05) is 17.6 Å². The normalized spacial score (nSPS) is 24.6. The highest BCUT2D eigenvalue weighted by Gasteiger charge is 2.18. The minimum atomic E-state index is 0.749. The van der Waals surface area contributed by atoms with Crippen LogP contribution in [0.1, 0.15) is 38.3 Å². The Bertz CT molecular complexity index is 376. The van der Waals surface area contributed by atoms with Gasteiger partial charge < -0.3 is 11.1 Å².